The molecule has 6 heteroatoms. The highest BCUT2D eigenvalue weighted by molar-refractivity contribution is 7.92. The molecule has 1 heterocycles. The molecule has 0 bridgehead atoms. The van der Waals surface area contributed by atoms with E-state index >= 15 is 0 Å². The van der Waals surface area contributed by atoms with Crippen molar-refractivity contribution in [1.82, 2.24) is 4.90 Å². The molecule has 1 amide bonds. The Hall–Kier alpha value is -1.56. The second kappa shape index (κ2) is 6.47. The highest BCUT2D eigenvalue weighted by Gasteiger charge is 2.36. The lowest BCUT2D eigenvalue weighted by Crippen LogP contribution is -2.45. The van der Waals surface area contributed by atoms with Crippen LogP contribution in [0.5, 0.6) is 0 Å². The minimum atomic E-state index is -3.29. The van der Waals surface area contributed by atoms with Gasteiger partial charge in [-0.3, -0.25) is 4.79 Å². The van der Waals surface area contributed by atoms with Crippen LogP contribution in [-0.4, -0.2) is 36.8 Å². The Balaban J connectivity index is 2.13. The summed E-state index contributed by atoms with van der Waals surface area (Å²) in [4.78, 5) is 14.1. The van der Waals surface area contributed by atoms with Crippen molar-refractivity contribution in [3.8, 4) is 0 Å². The van der Waals surface area contributed by atoms with Gasteiger partial charge in [0.15, 0.2) is 9.84 Å². The van der Waals surface area contributed by atoms with E-state index in [4.69, 9.17) is 5.73 Å². The number of rotatable bonds is 4. The lowest BCUT2D eigenvalue weighted by molar-refractivity contribution is -0.131. The molecule has 0 saturated carbocycles. The topological polar surface area (TPSA) is 80.5 Å². The van der Waals surface area contributed by atoms with Gasteiger partial charge in [-0.25, -0.2) is 8.42 Å². The first-order valence-electron chi connectivity index (χ1n) is 7.29. The van der Waals surface area contributed by atoms with Gasteiger partial charge in [0.25, 0.3) is 0 Å². The maximum absolute atomic E-state index is 12.5. The summed E-state index contributed by atoms with van der Waals surface area (Å²) in [7, 11) is -3.29. The van der Waals surface area contributed by atoms with E-state index in [1.54, 1.807) is 17.0 Å². The van der Waals surface area contributed by atoms with Gasteiger partial charge in [0.2, 0.25) is 5.91 Å². The maximum Gasteiger partial charge on any atom is 0.241 e. The lowest BCUT2D eigenvalue weighted by Gasteiger charge is -2.28. The van der Waals surface area contributed by atoms with Gasteiger partial charge in [0.05, 0.1) is 5.75 Å². The molecule has 1 atom stereocenters. The molecular weight excluding hydrogens is 288 g/mol. The highest BCUT2D eigenvalue weighted by atomic mass is 32.2. The number of hydrogen-bond donors (Lipinski definition) is 1. The molecular formula is C15H22N2O3S. The zero-order chi connectivity index (χ0) is 15.5. The van der Waals surface area contributed by atoms with Gasteiger partial charge in [-0.2, -0.15) is 0 Å². The Labute approximate surface area is 126 Å². The van der Waals surface area contributed by atoms with Gasteiger partial charge in [-0.05, 0) is 37.5 Å². The van der Waals surface area contributed by atoms with E-state index in [1.807, 2.05) is 19.1 Å². The molecule has 1 fully saturated rings. The summed E-state index contributed by atoms with van der Waals surface area (Å²) in [5.74, 6) is -0.142. The normalized spacial score (nSPS) is 20.9. The van der Waals surface area contributed by atoms with E-state index in [2.05, 4.69) is 0 Å². The van der Waals surface area contributed by atoms with Gasteiger partial charge >= 0.3 is 0 Å². The summed E-state index contributed by atoms with van der Waals surface area (Å²) in [6, 6.07) is 7.29. The molecule has 21 heavy (non-hydrogen) atoms. The van der Waals surface area contributed by atoms with Gasteiger partial charge in [0, 0.05) is 18.8 Å². The second-order valence-corrected chi connectivity index (χ2v) is 7.75. The number of anilines is 1. The Morgan fingerprint density at radius 3 is 2.52 bits per heavy atom. The molecule has 2 N–H and O–H groups in total. The zero-order valence-corrected chi connectivity index (χ0v) is 13.1. The maximum atomic E-state index is 12.5. The first-order valence-corrected chi connectivity index (χ1v) is 9.00. The van der Waals surface area contributed by atoms with Gasteiger partial charge in [-0.1, -0.05) is 18.6 Å². The molecule has 1 unspecified atom stereocenters. The van der Waals surface area contributed by atoms with Crippen LogP contribution in [0.2, 0.25) is 0 Å². The smallest absolute Gasteiger partial charge is 0.241 e. The summed E-state index contributed by atoms with van der Waals surface area (Å²) >= 11 is 0. The molecule has 2 rings (SSSR count). The summed E-state index contributed by atoms with van der Waals surface area (Å²) in [5.41, 5.74) is 7.26. The molecule has 1 aromatic rings. The van der Waals surface area contributed by atoms with E-state index in [-0.39, 0.29) is 11.7 Å². The van der Waals surface area contributed by atoms with E-state index in [0.717, 1.165) is 12.0 Å². The number of sulfone groups is 1. The van der Waals surface area contributed by atoms with Gasteiger partial charge in [-0.15, -0.1) is 0 Å². The first-order chi connectivity index (χ1) is 9.94. The number of nitrogen functional groups attached to an aromatic ring is 1. The molecule has 116 valence electrons. The Morgan fingerprint density at radius 1 is 1.29 bits per heavy atom. The van der Waals surface area contributed by atoms with Gasteiger partial charge in [0.1, 0.15) is 5.25 Å². The van der Waals surface area contributed by atoms with Crippen LogP contribution in [0.15, 0.2) is 24.3 Å². The van der Waals surface area contributed by atoms with Crippen LogP contribution in [0, 0.1) is 0 Å². The highest BCUT2D eigenvalue weighted by Crippen LogP contribution is 2.22. The second-order valence-electron chi connectivity index (χ2n) is 5.45. The predicted molar refractivity (Wildman–Crippen MR) is 83.4 cm³/mol. The van der Waals surface area contributed by atoms with Crippen molar-refractivity contribution >= 4 is 21.4 Å². The van der Waals surface area contributed by atoms with Crippen LogP contribution in [0.3, 0.4) is 0 Å². The Kier molecular flexibility index (Phi) is 4.88. The molecule has 0 spiro atoms. The number of hydrogen-bond acceptors (Lipinski definition) is 4. The van der Waals surface area contributed by atoms with Crippen molar-refractivity contribution in [3.05, 3.63) is 29.8 Å². The first kappa shape index (κ1) is 15.8. The Bertz CT molecular complexity index is 596. The molecule has 1 aromatic carbocycles. The van der Waals surface area contributed by atoms with Crippen molar-refractivity contribution < 1.29 is 13.2 Å². The summed E-state index contributed by atoms with van der Waals surface area (Å²) in [6.45, 7) is 2.78. The number of amides is 1. The molecule has 1 aliphatic heterocycles. The summed E-state index contributed by atoms with van der Waals surface area (Å²) in [6.07, 6.45) is 1.91. The SMILES string of the molecule is CCN(Cc1ccc(N)cc1)C(=O)C1CCCCS1(=O)=O. The molecule has 0 radical (unpaired) electrons. The van der Waals surface area contributed by atoms with Crippen molar-refractivity contribution in [2.24, 2.45) is 0 Å². The average Bonchev–Trinajstić information content (AvgIpc) is 2.45. The van der Waals surface area contributed by atoms with Crippen LogP contribution in [-0.2, 0) is 21.2 Å². The van der Waals surface area contributed by atoms with Crippen molar-refractivity contribution in [1.29, 1.82) is 0 Å². The molecule has 0 aromatic heterocycles. The van der Waals surface area contributed by atoms with E-state index in [0.29, 0.717) is 31.6 Å². The minimum Gasteiger partial charge on any atom is -0.399 e. The fourth-order valence-corrected chi connectivity index (χ4v) is 4.50. The Morgan fingerprint density at radius 2 is 1.95 bits per heavy atom. The largest absolute Gasteiger partial charge is 0.399 e. The number of nitrogens with two attached hydrogens (primary N) is 1. The fourth-order valence-electron chi connectivity index (χ4n) is 2.62. The number of benzene rings is 1. The molecule has 0 aliphatic carbocycles. The van der Waals surface area contributed by atoms with Crippen LogP contribution >= 0.6 is 0 Å². The van der Waals surface area contributed by atoms with E-state index in [1.165, 1.54) is 0 Å². The monoisotopic (exact) mass is 310 g/mol. The molecule has 1 aliphatic rings. The van der Waals surface area contributed by atoms with Crippen LogP contribution in [0.1, 0.15) is 31.7 Å². The summed E-state index contributed by atoms with van der Waals surface area (Å²) in [5, 5.41) is -0.861. The van der Waals surface area contributed by atoms with Crippen LogP contribution in [0.25, 0.3) is 0 Å². The third-order valence-corrected chi connectivity index (χ3v) is 6.06. The van der Waals surface area contributed by atoms with Gasteiger partial charge < -0.3 is 10.6 Å². The van der Waals surface area contributed by atoms with Crippen LogP contribution in [0.4, 0.5) is 5.69 Å². The lowest BCUT2D eigenvalue weighted by atomic mass is 10.1. The number of nitrogens with zero attached hydrogens (tertiary/aromatic N) is 1. The fraction of sp³-hybridized carbons (Fsp3) is 0.533. The van der Waals surface area contributed by atoms with E-state index in [9.17, 15) is 13.2 Å². The predicted octanol–water partition coefficient (Wildman–Crippen LogP) is 1.58. The van der Waals surface area contributed by atoms with E-state index < -0.39 is 15.1 Å². The third kappa shape index (κ3) is 3.75. The summed E-state index contributed by atoms with van der Waals surface area (Å²) < 4.78 is 24.2. The van der Waals surface area contributed by atoms with Crippen molar-refractivity contribution in [2.75, 3.05) is 18.0 Å². The van der Waals surface area contributed by atoms with Crippen molar-refractivity contribution in [3.63, 3.8) is 0 Å². The number of carbonyl (C=O) groups excluding carboxylic acids is 1. The molecule has 1 saturated heterocycles. The zero-order valence-electron chi connectivity index (χ0n) is 12.3. The average molecular weight is 310 g/mol. The molecule has 5 nitrogen and oxygen atoms in total. The third-order valence-electron chi connectivity index (χ3n) is 3.90. The standard InChI is InChI=1S/C15H22N2O3S/c1-2-17(11-12-6-8-13(16)9-7-12)15(18)14-5-3-4-10-21(14,19)20/h6-9,14H,2-5,10-11,16H2,1H3. The minimum absolute atomic E-state index is 0.128. The quantitative estimate of drug-likeness (QED) is 0.856. The van der Waals surface area contributed by atoms with Crippen molar-refractivity contribution in [2.45, 2.75) is 38.0 Å². The number of carbonyl (C=O) groups is 1. The van der Waals surface area contributed by atoms with Crippen LogP contribution < -0.4 is 5.73 Å².